The predicted molar refractivity (Wildman–Crippen MR) is 73.1 cm³/mol. The van der Waals surface area contributed by atoms with Gasteiger partial charge in [0.2, 0.25) is 0 Å². The number of hydrogen-bond acceptors (Lipinski definition) is 4. The first kappa shape index (κ1) is 11.7. The van der Waals surface area contributed by atoms with Gasteiger partial charge in [-0.05, 0) is 5.56 Å². The highest BCUT2D eigenvalue weighted by Gasteiger charge is 2.02. The van der Waals surface area contributed by atoms with E-state index >= 15 is 0 Å². The Balaban J connectivity index is 2.37. The highest BCUT2D eigenvalue weighted by Crippen LogP contribution is 2.18. The molecule has 0 amide bonds. The van der Waals surface area contributed by atoms with Crippen LogP contribution in [0.3, 0.4) is 0 Å². The van der Waals surface area contributed by atoms with Gasteiger partial charge in [0.15, 0.2) is 0 Å². The standard InChI is InChI=1S/C11H10N2S3/c14-9-6-12-13(11(16)10(9)15)7-8-4-2-1-3-5-8/h1-6,14-15H,7H2. The molecule has 0 radical (unpaired) electrons. The number of rotatable bonds is 2. The Morgan fingerprint density at radius 2 is 1.88 bits per heavy atom. The van der Waals surface area contributed by atoms with E-state index in [0.717, 1.165) is 5.56 Å². The fraction of sp³-hybridized carbons (Fsp3) is 0.0909. The minimum atomic E-state index is 0.611. The summed E-state index contributed by atoms with van der Waals surface area (Å²) in [6.07, 6.45) is 1.66. The van der Waals surface area contributed by atoms with Gasteiger partial charge in [-0.1, -0.05) is 42.5 Å². The lowest BCUT2D eigenvalue weighted by Gasteiger charge is -2.07. The van der Waals surface area contributed by atoms with Crippen LogP contribution in [0.5, 0.6) is 0 Å². The van der Waals surface area contributed by atoms with Gasteiger partial charge >= 0.3 is 0 Å². The Kier molecular flexibility index (Phi) is 3.68. The van der Waals surface area contributed by atoms with Crippen LogP contribution in [-0.4, -0.2) is 9.78 Å². The quantitative estimate of drug-likeness (QED) is 0.642. The molecule has 0 aliphatic carbocycles. The van der Waals surface area contributed by atoms with E-state index in [1.165, 1.54) is 0 Å². The van der Waals surface area contributed by atoms with Gasteiger partial charge in [-0.25, -0.2) is 4.68 Å². The van der Waals surface area contributed by atoms with Crippen LogP contribution in [0.25, 0.3) is 0 Å². The lowest BCUT2D eigenvalue weighted by atomic mass is 10.2. The van der Waals surface area contributed by atoms with Gasteiger partial charge in [-0.15, -0.1) is 25.3 Å². The van der Waals surface area contributed by atoms with Gasteiger partial charge in [0, 0.05) is 4.90 Å². The van der Waals surface area contributed by atoms with Crippen LogP contribution < -0.4 is 0 Å². The van der Waals surface area contributed by atoms with Gasteiger partial charge in [0.1, 0.15) is 4.64 Å². The average Bonchev–Trinajstić information content (AvgIpc) is 2.31. The first-order chi connectivity index (χ1) is 7.68. The smallest absolute Gasteiger partial charge is 0.137 e. The first-order valence-corrected chi connectivity index (χ1v) is 6.00. The molecule has 0 unspecified atom stereocenters. The Hall–Kier alpha value is -0.780. The molecule has 2 nitrogen and oxygen atoms in total. The van der Waals surface area contributed by atoms with Gasteiger partial charge < -0.3 is 0 Å². The molecule has 1 heterocycles. The summed E-state index contributed by atoms with van der Waals surface area (Å²) in [5.41, 5.74) is 1.16. The Morgan fingerprint density at radius 1 is 1.19 bits per heavy atom. The second-order valence-corrected chi connectivity index (χ2v) is 4.64. The third kappa shape index (κ3) is 2.48. The molecule has 0 saturated heterocycles. The molecule has 0 saturated carbocycles. The van der Waals surface area contributed by atoms with Crippen LogP contribution in [0.4, 0.5) is 0 Å². The second-order valence-electron chi connectivity index (χ2n) is 3.33. The van der Waals surface area contributed by atoms with Crippen molar-refractivity contribution < 1.29 is 0 Å². The highest BCUT2D eigenvalue weighted by atomic mass is 32.1. The largest absolute Gasteiger partial charge is 0.249 e. The lowest BCUT2D eigenvalue weighted by molar-refractivity contribution is 0.631. The molecular formula is C11H10N2S3. The molecule has 0 aliphatic rings. The molecule has 0 spiro atoms. The van der Waals surface area contributed by atoms with Crippen LogP contribution in [0.2, 0.25) is 0 Å². The fourth-order valence-corrected chi connectivity index (χ4v) is 1.97. The van der Waals surface area contributed by atoms with Crippen molar-refractivity contribution in [1.82, 2.24) is 9.78 Å². The maximum Gasteiger partial charge on any atom is 0.137 e. The maximum atomic E-state index is 5.26. The van der Waals surface area contributed by atoms with Crippen molar-refractivity contribution >= 4 is 37.5 Å². The molecule has 0 N–H and O–H groups in total. The van der Waals surface area contributed by atoms with E-state index in [-0.39, 0.29) is 0 Å². The summed E-state index contributed by atoms with van der Waals surface area (Å²) in [7, 11) is 0. The van der Waals surface area contributed by atoms with E-state index < -0.39 is 0 Å². The van der Waals surface area contributed by atoms with Crippen molar-refractivity contribution in [2.24, 2.45) is 0 Å². The minimum Gasteiger partial charge on any atom is -0.249 e. The topological polar surface area (TPSA) is 17.8 Å². The molecule has 5 heteroatoms. The summed E-state index contributed by atoms with van der Waals surface area (Å²) >= 11 is 13.8. The summed E-state index contributed by atoms with van der Waals surface area (Å²) in [4.78, 5) is 1.40. The number of benzene rings is 1. The van der Waals surface area contributed by atoms with Gasteiger partial charge in [-0.3, -0.25) is 0 Å². The van der Waals surface area contributed by atoms with Crippen molar-refractivity contribution in [2.75, 3.05) is 0 Å². The van der Waals surface area contributed by atoms with Crippen molar-refractivity contribution in [2.45, 2.75) is 16.3 Å². The van der Waals surface area contributed by atoms with Gasteiger partial charge in [-0.2, -0.15) is 5.10 Å². The maximum absolute atomic E-state index is 5.26. The Bertz CT molecular complexity index is 549. The van der Waals surface area contributed by atoms with E-state index in [1.54, 1.807) is 10.9 Å². The van der Waals surface area contributed by atoms with Crippen LogP contribution >= 0.6 is 37.5 Å². The second kappa shape index (κ2) is 5.03. The number of thiol groups is 2. The molecular weight excluding hydrogens is 256 g/mol. The third-order valence-electron chi connectivity index (χ3n) is 2.17. The molecule has 0 atom stereocenters. The lowest BCUT2D eigenvalue weighted by Crippen LogP contribution is -2.06. The highest BCUT2D eigenvalue weighted by molar-refractivity contribution is 7.84. The summed E-state index contributed by atoms with van der Waals surface area (Å²) in [6.45, 7) is 0.654. The number of hydrogen-bond donors (Lipinski definition) is 2. The monoisotopic (exact) mass is 266 g/mol. The van der Waals surface area contributed by atoms with Crippen LogP contribution in [0.1, 0.15) is 5.56 Å². The zero-order valence-corrected chi connectivity index (χ0v) is 11.0. The molecule has 2 aromatic rings. The van der Waals surface area contributed by atoms with Crippen molar-refractivity contribution in [1.29, 1.82) is 0 Å². The van der Waals surface area contributed by atoms with Gasteiger partial charge in [0.05, 0.1) is 17.6 Å². The third-order valence-corrected chi connectivity index (χ3v) is 3.71. The van der Waals surface area contributed by atoms with Crippen LogP contribution in [0, 0.1) is 4.64 Å². The molecule has 1 aromatic carbocycles. The van der Waals surface area contributed by atoms with Crippen molar-refractivity contribution in [3.8, 4) is 0 Å². The molecule has 0 bridgehead atoms. The number of aromatic nitrogens is 2. The Labute approximate surface area is 110 Å². The molecule has 16 heavy (non-hydrogen) atoms. The van der Waals surface area contributed by atoms with E-state index in [1.807, 2.05) is 30.3 Å². The molecule has 1 aromatic heterocycles. The molecule has 0 aliphatic heterocycles. The van der Waals surface area contributed by atoms with Gasteiger partial charge in [0.25, 0.3) is 0 Å². The number of nitrogens with zero attached hydrogens (tertiary/aromatic N) is 2. The summed E-state index contributed by atoms with van der Waals surface area (Å²) in [5.74, 6) is 0. The van der Waals surface area contributed by atoms with Crippen LogP contribution in [0.15, 0.2) is 46.3 Å². The van der Waals surface area contributed by atoms with Crippen LogP contribution in [-0.2, 0) is 6.54 Å². The average molecular weight is 266 g/mol. The molecule has 2 rings (SSSR count). The summed E-state index contributed by atoms with van der Waals surface area (Å²) < 4.78 is 2.35. The Morgan fingerprint density at radius 3 is 2.56 bits per heavy atom. The van der Waals surface area contributed by atoms with Crippen molar-refractivity contribution in [3.63, 3.8) is 0 Å². The first-order valence-electron chi connectivity index (χ1n) is 4.70. The summed E-state index contributed by atoms with van der Waals surface area (Å²) in [5, 5.41) is 4.22. The van der Waals surface area contributed by atoms with Crippen molar-refractivity contribution in [3.05, 3.63) is 46.7 Å². The normalized spacial score (nSPS) is 10.4. The SMILES string of the molecule is S=c1c(S)c(S)cnn1Cc1ccccc1. The minimum absolute atomic E-state index is 0.611. The zero-order chi connectivity index (χ0) is 11.5. The predicted octanol–water partition coefficient (Wildman–Crippen LogP) is 3.24. The summed E-state index contributed by atoms with van der Waals surface area (Å²) in [6, 6.07) is 10.0. The zero-order valence-electron chi connectivity index (χ0n) is 8.37. The molecule has 82 valence electrons. The van der Waals surface area contributed by atoms with E-state index in [4.69, 9.17) is 12.2 Å². The van der Waals surface area contributed by atoms with E-state index in [2.05, 4.69) is 30.4 Å². The van der Waals surface area contributed by atoms with E-state index in [0.29, 0.717) is 21.0 Å². The fourth-order valence-electron chi connectivity index (χ4n) is 1.34. The van der Waals surface area contributed by atoms with E-state index in [9.17, 15) is 0 Å². The molecule has 0 fully saturated rings.